The van der Waals surface area contributed by atoms with Crippen LogP contribution in [0.4, 0.5) is 0 Å². The number of aromatic nitrogens is 2. The van der Waals surface area contributed by atoms with E-state index in [-0.39, 0.29) is 5.92 Å². The number of hydrogen-bond donors (Lipinski definition) is 1. The van der Waals surface area contributed by atoms with Gasteiger partial charge in [0.2, 0.25) is 0 Å². The number of ether oxygens (including phenoxy) is 2. The van der Waals surface area contributed by atoms with E-state index in [1.807, 2.05) is 37.7 Å². The van der Waals surface area contributed by atoms with Crippen LogP contribution in [-0.2, 0) is 7.05 Å². The van der Waals surface area contributed by atoms with Gasteiger partial charge in [0.05, 0.1) is 18.9 Å². The Bertz CT molecular complexity index is 665. The van der Waals surface area contributed by atoms with Gasteiger partial charge in [-0.15, -0.1) is 0 Å². The van der Waals surface area contributed by atoms with E-state index in [9.17, 15) is 0 Å². The Hall–Kier alpha value is -2.01. The molecule has 0 radical (unpaired) electrons. The van der Waals surface area contributed by atoms with E-state index in [2.05, 4.69) is 31.1 Å². The SMILES string of the molecule is CCOc1ccc(C(CN)c2cc(C(C)C)nn2C)cc1OCC. The Morgan fingerprint density at radius 1 is 1.08 bits per heavy atom. The molecule has 1 aromatic heterocycles. The number of aryl methyl sites for hydroxylation is 1. The van der Waals surface area contributed by atoms with Crippen molar-refractivity contribution in [2.24, 2.45) is 12.8 Å². The van der Waals surface area contributed by atoms with Crippen LogP contribution in [0.2, 0.25) is 0 Å². The molecule has 0 aliphatic heterocycles. The number of hydrogen-bond acceptors (Lipinski definition) is 4. The highest BCUT2D eigenvalue weighted by molar-refractivity contribution is 5.46. The average Bonchev–Trinajstić information content (AvgIpc) is 2.93. The Labute approximate surface area is 144 Å². The summed E-state index contributed by atoms with van der Waals surface area (Å²) in [4.78, 5) is 0. The minimum atomic E-state index is 0.0740. The van der Waals surface area contributed by atoms with Gasteiger partial charge < -0.3 is 15.2 Å². The molecule has 1 unspecified atom stereocenters. The molecular weight excluding hydrogens is 302 g/mol. The lowest BCUT2D eigenvalue weighted by molar-refractivity contribution is 0.287. The van der Waals surface area contributed by atoms with Gasteiger partial charge in [-0.05, 0) is 43.5 Å². The summed E-state index contributed by atoms with van der Waals surface area (Å²) in [5.74, 6) is 2.00. The van der Waals surface area contributed by atoms with Crippen molar-refractivity contribution in [2.45, 2.75) is 39.5 Å². The molecule has 1 aromatic carbocycles. The van der Waals surface area contributed by atoms with Crippen LogP contribution >= 0.6 is 0 Å². The van der Waals surface area contributed by atoms with Gasteiger partial charge in [-0.2, -0.15) is 5.10 Å². The first-order valence-electron chi connectivity index (χ1n) is 8.65. The smallest absolute Gasteiger partial charge is 0.161 e. The van der Waals surface area contributed by atoms with Crippen molar-refractivity contribution in [3.05, 3.63) is 41.2 Å². The molecule has 2 aromatic rings. The maximum atomic E-state index is 6.10. The van der Waals surface area contributed by atoms with Crippen molar-refractivity contribution >= 4 is 0 Å². The molecule has 0 saturated heterocycles. The van der Waals surface area contributed by atoms with Gasteiger partial charge >= 0.3 is 0 Å². The second-order valence-electron chi connectivity index (χ2n) is 6.13. The van der Waals surface area contributed by atoms with Crippen LogP contribution in [0.5, 0.6) is 11.5 Å². The molecule has 2 N–H and O–H groups in total. The molecule has 0 spiro atoms. The van der Waals surface area contributed by atoms with Gasteiger partial charge in [-0.1, -0.05) is 19.9 Å². The molecule has 24 heavy (non-hydrogen) atoms. The van der Waals surface area contributed by atoms with Crippen LogP contribution in [0, 0.1) is 0 Å². The Morgan fingerprint density at radius 2 is 1.75 bits per heavy atom. The van der Waals surface area contributed by atoms with Crippen molar-refractivity contribution in [2.75, 3.05) is 19.8 Å². The van der Waals surface area contributed by atoms with Crippen molar-refractivity contribution in [3.63, 3.8) is 0 Å². The number of benzene rings is 1. The standard InChI is InChI=1S/C19H29N3O2/c1-6-23-18-9-8-14(10-19(18)24-7-2)15(12-20)17-11-16(13(3)4)21-22(17)5/h8-11,13,15H,6-7,12,20H2,1-5H3. The number of rotatable bonds is 8. The van der Waals surface area contributed by atoms with Gasteiger partial charge in [-0.25, -0.2) is 0 Å². The van der Waals surface area contributed by atoms with Gasteiger partial charge in [-0.3, -0.25) is 4.68 Å². The molecule has 0 bridgehead atoms. The molecular formula is C19H29N3O2. The molecule has 1 heterocycles. The summed E-state index contributed by atoms with van der Waals surface area (Å²) in [6.07, 6.45) is 0. The third kappa shape index (κ3) is 3.90. The second kappa shape index (κ2) is 8.20. The highest BCUT2D eigenvalue weighted by Crippen LogP contribution is 2.34. The van der Waals surface area contributed by atoms with E-state index in [4.69, 9.17) is 15.2 Å². The maximum absolute atomic E-state index is 6.10. The summed E-state index contributed by atoms with van der Waals surface area (Å²) in [6.45, 7) is 9.95. The maximum Gasteiger partial charge on any atom is 0.161 e. The van der Waals surface area contributed by atoms with E-state index in [0.717, 1.165) is 28.5 Å². The summed E-state index contributed by atoms with van der Waals surface area (Å²) in [6, 6.07) is 8.21. The zero-order chi connectivity index (χ0) is 17.7. The lowest BCUT2D eigenvalue weighted by atomic mass is 9.94. The van der Waals surface area contributed by atoms with E-state index in [1.165, 1.54) is 0 Å². The summed E-state index contributed by atoms with van der Waals surface area (Å²) >= 11 is 0. The van der Waals surface area contributed by atoms with Crippen LogP contribution in [-0.4, -0.2) is 29.5 Å². The molecule has 0 aliphatic rings. The van der Waals surface area contributed by atoms with Crippen LogP contribution in [0.1, 0.15) is 56.5 Å². The molecule has 2 rings (SSSR count). The summed E-state index contributed by atoms with van der Waals surface area (Å²) in [5, 5.41) is 4.62. The quantitative estimate of drug-likeness (QED) is 0.805. The molecule has 5 heteroatoms. The highest BCUT2D eigenvalue weighted by atomic mass is 16.5. The fourth-order valence-electron chi connectivity index (χ4n) is 2.83. The summed E-state index contributed by atoms with van der Waals surface area (Å²) in [5.41, 5.74) is 9.42. The molecule has 0 fully saturated rings. The zero-order valence-corrected chi connectivity index (χ0v) is 15.4. The summed E-state index contributed by atoms with van der Waals surface area (Å²) < 4.78 is 13.3. The van der Waals surface area contributed by atoms with E-state index < -0.39 is 0 Å². The molecule has 0 amide bonds. The number of nitrogens with zero attached hydrogens (tertiary/aromatic N) is 2. The second-order valence-corrected chi connectivity index (χ2v) is 6.13. The first-order valence-corrected chi connectivity index (χ1v) is 8.65. The van der Waals surface area contributed by atoms with E-state index >= 15 is 0 Å². The van der Waals surface area contributed by atoms with Gasteiger partial charge in [0.25, 0.3) is 0 Å². The predicted molar refractivity (Wildman–Crippen MR) is 97.0 cm³/mol. The third-order valence-electron chi connectivity index (χ3n) is 4.09. The van der Waals surface area contributed by atoms with Crippen LogP contribution in [0.15, 0.2) is 24.3 Å². The Kier molecular flexibility index (Phi) is 6.26. The lowest BCUT2D eigenvalue weighted by Crippen LogP contribution is -2.17. The highest BCUT2D eigenvalue weighted by Gasteiger charge is 2.20. The van der Waals surface area contributed by atoms with Gasteiger partial charge in [0.1, 0.15) is 0 Å². The molecule has 0 aliphatic carbocycles. The van der Waals surface area contributed by atoms with Crippen LogP contribution in [0.25, 0.3) is 0 Å². The van der Waals surface area contributed by atoms with Crippen LogP contribution < -0.4 is 15.2 Å². The average molecular weight is 331 g/mol. The van der Waals surface area contributed by atoms with Gasteiger partial charge in [0, 0.05) is 25.2 Å². The van der Waals surface area contributed by atoms with E-state index in [0.29, 0.717) is 25.7 Å². The first-order chi connectivity index (χ1) is 11.5. The van der Waals surface area contributed by atoms with Crippen molar-refractivity contribution in [1.82, 2.24) is 9.78 Å². The molecule has 5 nitrogen and oxygen atoms in total. The van der Waals surface area contributed by atoms with Gasteiger partial charge in [0.15, 0.2) is 11.5 Å². The lowest BCUT2D eigenvalue weighted by Gasteiger charge is -2.18. The summed E-state index contributed by atoms with van der Waals surface area (Å²) in [7, 11) is 1.97. The minimum Gasteiger partial charge on any atom is -0.490 e. The Morgan fingerprint density at radius 3 is 2.29 bits per heavy atom. The topological polar surface area (TPSA) is 62.3 Å². The normalized spacial score (nSPS) is 12.5. The largest absolute Gasteiger partial charge is 0.490 e. The zero-order valence-electron chi connectivity index (χ0n) is 15.4. The van der Waals surface area contributed by atoms with Crippen LogP contribution in [0.3, 0.4) is 0 Å². The van der Waals surface area contributed by atoms with E-state index in [1.54, 1.807) is 0 Å². The molecule has 0 saturated carbocycles. The molecule has 1 atom stereocenters. The molecule has 132 valence electrons. The van der Waals surface area contributed by atoms with Crippen molar-refractivity contribution in [1.29, 1.82) is 0 Å². The number of nitrogens with two attached hydrogens (primary N) is 1. The third-order valence-corrected chi connectivity index (χ3v) is 4.09. The fourth-order valence-corrected chi connectivity index (χ4v) is 2.83. The minimum absolute atomic E-state index is 0.0740. The van der Waals surface area contributed by atoms with Crippen molar-refractivity contribution in [3.8, 4) is 11.5 Å². The fraction of sp³-hybridized carbons (Fsp3) is 0.526. The monoisotopic (exact) mass is 331 g/mol. The Balaban J connectivity index is 2.41. The predicted octanol–water partition coefficient (Wildman–Crippen LogP) is 3.43. The van der Waals surface area contributed by atoms with Crippen molar-refractivity contribution < 1.29 is 9.47 Å². The first kappa shape index (κ1) is 18.3.